The van der Waals surface area contributed by atoms with Gasteiger partial charge in [-0.2, -0.15) is 0 Å². The van der Waals surface area contributed by atoms with E-state index in [4.69, 9.17) is 11.6 Å². The monoisotopic (exact) mass is 314 g/mol. The maximum atomic E-state index is 12.1. The summed E-state index contributed by atoms with van der Waals surface area (Å²) >= 11 is 10.7. The van der Waals surface area contributed by atoms with Crippen molar-refractivity contribution in [3.63, 3.8) is 0 Å². The lowest BCUT2D eigenvalue weighted by molar-refractivity contribution is 0.104. The van der Waals surface area contributed by atoms with E-state index in [1.165, 1.54) is 11.3 Å². The fourth-order valence-corrected chi connectivity index (χ4v) is 3.00. The molecule has 1 aromatic carbocycles. The molecule has 0 fully saturated rings. The Morgan fingerprint density at radius 3 is 2.69 bits per heavy atom. The van der Waals surface area contributed by atoms with Gasteiger partial charge in [-0.15, -0.1) is 11.3 Å². The van der Waals surface area contributed by atoms with Crippen molar-refractivity contribution in [1.82, 2.24) is 0 Å². The summed E-state index contributed by atoms with van der Waals surface area (Å²) in [4.78, 5) is 12.9. The van der Waals surface area contributed by atoms with Crippen LogP contribution in [0.1, 0.15) is 20.8 Å². The fraction of sp³-hybridized carbons (Fsp3) is 0.0833. The number of carbonyl (C=O) groups is 1. The molecule has 0 amide bonds. The van der Waals surface area contributed by atoms with Crippen molar-refractivity contribution >= 4 is 44.7 Å². The van der Waals surface area contributed by atoms with Crippen LogP contribution in [0.2, 0.25) is 5.02 Å². The predicted octanol–water partition coefficient (Wildman–Crippen LogP) is 4.70. The summed E-state index contributed by atoms with van der Waals surface area (Å²) in [7, 11) is 0. The van der Waals surface area contributed by atoms with Crippen LogP contribution in [0, 0.1) is 6.92 Å². The van der Waals surface area contributed by atoms with Crippen LogP contribution in [0.5, 0.6) is 0 Å². The third kappa shape index (κ3) is 2.21. The molecule has 0 N–H and O–H groups in total. The molecular weight excluding hydrogens is 308 g/mol. The van der Waals surface area contributed by atoms with Crippen molar-refractivity contribution in [1.29, 1.82) is 0 Å². The van der Waals surface area contributed by atoms with Crippen molar-refractivity contribution in [2.45, 2.75) is 6.92 Å². The molecule has 1 nitrogen and oxygen atoms in total. The van der Waals surface area contributed by atoms with E-state index >= 15 is 0 Å². The average Bonchev–Trinajstić information content (AvgIpc) is 2.67. The number of benzene rings is 1. The summed E-state index contributed by atoms with van der Waals surface area (Å²) in [6.45, 7) is 1.89. The quantitative estimate of drug-likeness (QED) is 0.734. The highest BCUT2D eigenvalue weighted by molar-refractivity contribution is 9.10. The standard InChI is InChI=1S/C12H8BrClOS/c1-7-6-8(2-3-10(7)14)11(15)12-9(13)4-5-16-12/h2-6H,1H3. The van der Waals surface area contributed by atoms with Crippen molar-refractivity contribution in [2.75, 3.05) is 0 Å². The number of hydrogen-bond acceptors (Lipinski definition) is 2. The maximum Gasteiger partial charge on any atom is 0.204 e. The molecule has 2 rings (SSSR count). The lowest BCUT2D eigenvalue weighted by Crippen LogP contribution is -1.99. The summed E-state index contributed by atoms with van der Waals surface area (Å²) in [5.74, 6) is 0.0293. The van der Waals surface area contributed by atoms with Gasteiger partial charge in [0.2, 0.25) is 5.78 Å². The molecule has 4 heteroatoms. The number of thiophene rings is 1. The number of ketones is 1. The van der Waals surface area contributed by atoms with Crippen LogP contribution in [0.15, 0.2) is 34.1 Å². The molecule has 0 radical (unpaired) electrons. The Labute approximate surface area is 111 Å². The van der Waals surface area contributed by atoms with Crippen molar-refractivity contribution in [2.24, 2.45) is 0 Å². The van der Waals surface area contributed by atoms with Gasteiger partial charge in [-0.1, -0.05) is 11.6 Å². The Morgan fingerprint density at radius 2 is 2.12 bits per heavy atom. The smallest absolute Gasteiger partial charge is 0.204 e. The molecular formula is C12H8BrClOS. The molecule has 82 valence electrons. The number of aryl methyl sites for hydroxylation is 1. The maximum absolute atomic E-state index is 12.1. The Kier molecular flexibility index (Phi) is 3.47. The average molecular weight is 316 g/mol. The van der Waals surface area contributed by atoms with E-state index in [0.29, 0.717) is 10.6 Å². The van der Waals surface area contributed by atoms with Crippen molar-refractivity contribution in [3.05, 3.63) is 55.1 Å². The van der Waals surface area contributed by atoms with Gasteiger partial charge < -0.3 is 0 Å². The van der Waals surface area contributed by atoms with E-state index in [-0.39, 0.29) is 5.78 Å². The lowest BCUT2D eigenvalue weighted by atomic mass is 10.1. The van der Waals surface area contributed by atoms with Gasteiger partial charge in [0.15, 0.2) is 0 Å². The zero-order chi connectivity index (χ0) is 11.7. The van der Waals surface area contributed by atoms with E-state index in [0.717, 1.165) is 14.9 Å². The summed E-state index contributed by atoms with van der Waals surface area (Å²) in [6, 6.07) is 7.20. The van der Waals surface area contributed by atoms with Gasteiger partial charge in [0, 0.05) is 15.1 Å². The molecule has 1 heterocycles. The van der Waals surface area contributed by atoms with Gasteiger partial charge >= 0.3 is 0 Å². The SMILES string of the molecule is Cc1cc(C(=O)c2sccc2Br)ccc1Cl. The summed E-state index contributed by atoms with van der Waals surface area (Å²) < 4.78 is 0.843. The molecule has 16 heavy (non-hydrogen) atoms. The molecule has 0 aliphatic rings. The normalized spacial score (nSPS) is 10.4. The first-order chi connectivity index (χ1) is 7.59. The Bertz CT molecular complexity index is 548. The summed E-state index contributed by atoms with van der Waals surface area (Å²) in [5, 5.41) is 2.57. The van der Waals surface area contributed by atoms with Gasteiger partial charge in [-0.3, -0.25) is 4.79 Å². The van der Waals surface area contributed by atoms with Gasteiger partial charge in [0.25, 0.3) is 0 Å². The third-order valence-corrected chi connectivity index (χ3v) is 4.50. The minimum absolute atomic E-state index is 0.0293. The number of hydrogen-bond donors (Lipinski definition) is 0. The molecule has 0 spiro atoms. The molecule has 0 aliphatic heterocycles. The Morgan fingerprint density at radius 1 is 1.38 bits per heavy atom. The predicted molar refractivity (Wildman–Crippen MR) is 71.6 cm³/mol. The molecule has 0 unspecified atom stereocenters. The zero-order valence-electron chi connectivity index (χ0n) is 8.46. The highest BCUT2D eigenvalue weighted by Gasteiger charge is 2.14. The van der Waals surface area contributed by atoms with Gasteiger partial charge in [0.1, 0.15) is 0 Å². The minimum Gasteiger partial charge on any atom is -0.288 e. The largest absolute Gasteiger partial charge is 0.288 e. The molecule has 0 saturated heterocycles. The Balaban J connectivity index is 2.42. The third-order valence-electron chi connectivity index (χ3n) is 2.24. The highest BCUT2D eigenvalue weighted by Crippen LogP contribution is 2.26. The summed E-state index contributed by atoms with van der Waals surface area (Å²) in [5.41, 5.74) is 1.59. The van der Waals surface area contributed by atoms with Gasteiger partial charge in [-0.25, -0.2) is 0 Å². The first kappa shape index (κ1) is 11.8. The topological polar surface area (TPSA) is 17.1 Å². The van der Waals surface area contributed by atoms with Crippen LogP contribution in [-0.4, -0.2) is 5.78 Å². The van der Waals surface area contributed by atoms with Crippen LogP contribution in [-0.2, 0) is 0 Å². The first-order valence-electron chi connectivity index (χ1n) is 4.63. The molecule has 0 aliphatic carbocycles. The van der Waals surface area contributed by atoms with Crippen LogP contribution >= 0.6 is 38.9 Å². The highest BCUT2D eigenvalue weighted by atomic mass is 79.9. The second-order valence-corrected chi connectivity index (χ2v) is 5.57. The molecule has 0 atom stereocenters. The van der Waals surface area contributed by atoms with E-state index < -0.39 is 0 Å². The van der Waals surface area contributed by atoms with Crippen LogP contribution in [0.4, 0.5) is 0 Å². The molecule has 0 bridgehead atoms. The van der Waals surface area contributed by atoms with Gasteiger partial charge in [-0.05, 0) is 58.1 Å². The van der Waals surface area contributed by atoms with Crippen LogP contribution in [0.3, 0.4) is 0 Å². The van der Waals surface area contributed by atoms with E-state index in [2.05, 4.69) is 15.9 Å². The molecule has 1 aromatic heterocycles. The number of rotatable bonds is 2. The Hall–Kier alpha value is -0.640. The fourth-order valence-electron chi connectivity index (χ4n) is 1.37. The van der Waals surface area contributed by atoms with Crippen LogP contribution in [0.25, 0.3) is 0 Å². The number of carbonyl (C=O) groups excluding carboxylic acids is 1. The van der Waals surface area contributed by atoms with Crippen molar-refractivity contribution in [3.8, 4) is 0 Å². The lowest BCUT2D eigenvalue weighted by Gasteiger charge is -2.02. The van der Waals surface area contributed by atoms with Crippen molar-refractivity contribution < 1.29 is 4.79 Å². The van der Waals surface area contributed by atoms with E-state index in [9.17, 15) is 4.79 Å². The minimum atomic E-state index is 0.0293. The zero-order valence-corrected chi connectivity index (χ0v) is 11.6. The second kappa shape index (κ2) is 4.70. The van der Waals surface area contributed by atoms with Crippen LogP contribution < -0.4 is 0 Å². The van der Waals surface area contributed by atoms with E-state index in [1.54, 1.807) is 12.1 Å². The second-order valence-electron chi connectivity index (χ2n) is 3.39. The first-order valence-corrected chi connectivity index (χ1v) is 6.68. The molecule has 0 saturated carbocycles. The van der Waals surface area contributed by atoms with Gasteiger partial charge in [0.05, 0.1) is 4.88 Å². The summed E-state index contributed by atoms with van der Waals surface area (Å²) in [6.07, 6.45) is 0. The molecule has 2 aromatic rings. The number of halogens is 2. The van der Waals surface area contributed by atoms with E-state index in [1.807, 2.05) is 24.4 Å².